The van der Waals surface area contributed by atoms with Crippen molar-refractivity contribution < 1.29 is 9.84 Å². The van der Waals surface area contributed by atoms with E-state index in [0.29, 0.717) is 5.75 Å². The third kappa shape index (κ3) is 2.71. The lowest BCUT2D eigenvalue weighted by Crippen LogP contribution is -2.13. The van der Waals surface area contributed by atoms with Gasteiger partial charge in [0.2, 0.25) is 0 Å². The zero-order valence-corrected chi connectivity index (χ0v) is 11.5. The second kappa shape index (κ2) is 5.76. The van der Waals surface area contributed by atoms with Crippen LogP contribution in [0.1, 0.15) is 18.6 Å². The fourth-order valence-corrected chi connectivity index (χ4v) is 2.21. The van der Waals surface area contributed by atoms with E-state index in [9.17, 15) is 5.11 Å². The SMILES string of the molecule is COc1cccc(N(C)c2ccccc2)c1C(C)O. The van der Waals surface area contributed by atoms with Gasteiger partial charge in [-0.1, -0.05) is 24.3 Å². The molecule has 2 aromatic rings. The van der Waals surface area contributed by atoms with Gasteiger partial charge in [-0.15, -0.1) is 0 Å². The Kier molecular flexibility index (Phi) is 4.07. The van der Waals surface area contributed by atoms with Crippen LogP contribution in [0, 0.1) is 0 Å². The molecule has 0 radical (unpaired) electrons. The van der Waals surface area contributed by atoms with Crippen LogP contribution >= 0.6 is 0 Å². The highest BCUT2D eigenvalue weighted by Gasteiger charge is 2.17. The molecule has 100 valence electrons. The second-order valence-electron chi connectivity index (χ2n) is 4.46. The van der Waals surface area contributed by atoms with Gasteiger partial charge in [0.15, 0.2) is 0 Å². The fraction of sp³-hybridized carbons (Fsp3) is 0.250. The molecule has 0 saturated carbocycles. The van der Waals surface area contributed by atoms with E-state index in [1.807, 2.05) is 60.5 Å². The number of nitrogens with zero attached hydrogens (tertiary/aromatic N) is 1. The number of para-hydroxylation sites is 1. The number of anilines is 2. The minimum Gasteiger partial charge on any atom is -0.496 e. The number of methoxy groups -OCH3 is 1. The summed E-state index contributed by atoms with van der Waals surface area (Å²) in [5.41, 5.74) is 2.81. The molecule has 0 aliphatic rings. The van der Waals surface area contributed by atoms with Gasteiger partial charge in [-0.05, 0) is 31.2 Å². The maximum atomic E-state index is 10.0. The van der Waals surface area contributed by atoms with Crippen molar-refractivity contribution in [3.8, 4) is 5.75 Å². The number of ether oxygens (including phenoxy) is 1. The smallest absolute Gasteiger partial charge is 0.126 e. The first-order chi connectivity index (χ1) is 9.15. The second-order valence-corrected chi connectivity index (χ2v) is 4.46. The third-order valence-corrected chi connectivity index (χ3v) is 3.19. The molecular formula is C16H19NO2. The van der Waals surface area contributed by atoms with Crippen molar-refractivity contribution in [3.05, 3.63) is 54.1 Å². The van der Waals surface area contributed by atoms with Crippen molar-refractivity contribution in [2.24, 2.45) is 0 Å². The van der Waals surface area contributed by atoms with Crippen molar-refractivity contribution in [2.75, 3.05) is 19.1 Å². The molecule has 0 amide bonds. The van der Waals surface area contributed by atoms with Crippen LogP contribution in [0.15, 0.2) is 48.5 Å². The van der Waals surface area contributed by atoms with Gasteiger partial charge in [0.05, 0.1) is 18.9 Å². The van der Waals surface area contributed by atoms with E-state index in [2.05, 4.69) is 0 Å². The van der Waals surface area contributed by atoms with Gasteiger partial charge in [0.1, 0.15) is 5.75 Å². The van der Waals surface area contributed by atoms with Crippen LogP contribution in [0.3, 0.4) is 0 Å². The molecule has 0 aliphatic heterocycles. The molecule has 0 saturated heterocycles. The summed E-state index contributed by atoms with van der Waals surface area (Å²) >= 11 is 0. The Hall–Kier alpha value is -2.00. The normalized spacial score (nSPS) is 12.0. The number of aliphatic hydroxyl groups is 1. The lowest BCUT2D eigenvalue weighted by atomic mass is 10.1. The van der Waals surface area contributed by atoms with Crippen molar-refractivity contribution >= 4 is 11.4 Å². The highest BCUT2D eigenvalue weighted by molar-refractivity contribution is 5.68. The molecule has 0 spiro atoms. The van der Waals surface area contributed by atoms with Gasteiger partial charge in [0.25, 0.3) is 0 Å². The van der Waals surface area contributed by atoms with Crippen molar-refractivity contribution in [3.63, 3.8) is 0 Å². The van der Waals surface area contributed by atoms with E-state index in [1.54, 1.807) is 14.0 Å². The summed E-state index contributed by atoms with van der Waals surface area (Å²) in [7, 11) is 3.60. The first-order valence-corrected chi connectivity index (χ1v) is 6.29. The van der Waals surface area contributed by atoms with E-state index in [4.69, 9.17) is 4.74 Å². The van der Waals surface area contributed by atoms with Crippen LogP contribution in [-0.2, 0) is 0 Å². The van der Waals surface area contributed by atoms with E-state index in [-0.39, 0.29) is 0 Å². The summed E-state index contributed by atoms with van der Waals surface area (Å²) in [4.78, 5) is 2.05. The maximum absolute atomic E-state index is 10.0. The highest BCUT2D eigenvalue weighted by atomic mass is 16.5. The van der Waals surface area contributed by atoms with Gasteiger partial charge in [-0.2, -0.15) is 0 Å². The summed E-state index contributed by atoms with van der Waals surface area (Å²) in [5, 5.41) is 10.0. The fourth-order valence-electron chi connectivity index (χ4n) is 2.21. The van der Waals surface area contributed by atoms with E-state index < -0.39 is 6.10 Å². The summed E-state index contributed by atoms with van der Waals surface area (Å²) in [5.74, 6) is 0.704. The molecule has 1 atom stereocenters. The Bertz CT molecular complexity index is 538. The molecule has 0 fully saturated rings. The predicted octanol–water partition coefficient (Wildman–Crippen LogP) is 3.52. The monoisotopic (exact) mass is 257 g/mol. The number of hydrogen-bond donors (Lipinski definition) is 1. The first-order valence-electron chi connectivity index (χ1n) is 6.29. The molecule has 0 heterocycles. The van der Waals surface area contributed by atoms with Gasteiger partial charge >= 0.3 is 0 Å². The van der Waals surface area contributed by atoms with Crippen molar-refractivity contribution in [1.29, 1.82) is 0 Å². The molecule has 2 aromatic carbocycles. The minimum atomic E-state index is -0.586. The number of benzene rings is 2. The Balaban J connectivity index is 2.50. The largest absolute Gasteiger partial charge is 0.496 e. The Morgan fingerprint density at radius 2 is 1.74 bits per heavy atom. The first kappa shape index (κ1) is 13.4. The highest BCUT2D eigenvalue weighted by Crippen LogP contribution is 2.36. The topological polar surface area (TPSA) is 32.7 Å². The zero-order chi connectivity index (χ0) is 13.8. The molecular weight excluding hydrogens is 238 g/mol. The molecule has 19 heavy (non-hydrogen) atoms. The van der Waals surface area contributed by atoms with Crippen LogP contribution in [0.2, 0.25) is 0 Å². The molecule has 3 heteroatoms. The summed E-state index contributed by atoms with van der Waals surface area (Å²) in [6, 6.07) is 15.8. The van der Waals surface area contributed by atoms with E-state index in [0.717, 1.165) is 16.9 Å². The molecule has 1 unspecified atom stereocenters. The lowest BCUT2D eigenvalue weighted by molar-refractivity contribution is 0.195. The zero-order valence-electron chi connectivity index (χ0n) is 11.5. The Morgan fingerprint density at radius 3 is 2.32 bits per heavy atom. The van der Waals surface area contributed by atoms with Crippen LogP contribution in [0.25, 0.3) is 0 Å². The standard InChI is InChI=1S/C16H19NO2/c1-12(18)16-14(10-7-11-15(16)19-3)17(2)13-8-5-4-6-9-13/h4-12,18H,1-3H3. The molecule has 3 nitrogen and oxygen atoms in total. The van der Waals surface area contributed by atoms with Crippen LogP contribution in [-0.4, -0.2) is 19.3 Å². The predicted molar refractivity (Wildman–Crippen MR) is 78.1 cm³/mol. The summed E-state index contributed by atoms with van der Waals surface area (Å²) < 4.78 is 5.35. The number of aliphatic hydroxyl groups excluding tert-OH is 1. The molecule has 1 N–H and O–H groups in total. The average molecular weight is 257 g/mol. The van der Waals surface area contributed by atoms with E-state index in [1.165, 1.54) is 0 Å². The number of hydrogen-bond acceptors (Lipinski definition) is 3. The van der Waals surface area contributed by atoms with Gasteiger partial charge in [-0.25, -0.2) is 0 Å². The molecule has 0 bridgehead atoms. The Morgan fingerprint density at radius 1 is 1.05 bits per heavy atom. The van der Waals surface area contributed by atoms with E-state index >= 15 is 0 Å². The maximum Gasteiger partial charge on any atom is 0.126 e. The lowest BCUT2D eigenvalue weighted by Gasteiger charge is -2.25. The molecule has 0 aromatic heterocycles. The quantitative estimate of drug-likeness (QED) is 0.909. The molecule has 2 rings (SSSR count). The third-order valence-electron chi connectivity index (χ3n) is 3.19. The van der Waals surface area contributed by atoms with Crippen molar-refractivity contribution in [1.82, 2.24) is 0 Å². The van der Waals surface area contributed by atoms with Gasteiger partial charge in [-0.3, -0.25) is 0 Å². The summed E-state index contributed by atoms with van der Waals surface area (Å²) in [6.45, 7) is 1.75. The summed E-state index contributed by atoms with van der Waals surface area (Å²) in [6.07, 6.45) is -0.586. The van der Waals surface area contributed by atoms with Crippen LogP contribution < -0.4 is 9.64 Å². The Labute approximate surface area is 114 Å². The average Bonchev–Trinajstić information content (AvgIpc) is 2.46. The van der Waals surface area contributed by atoms with Gasteiger partial charge < -0.3 is 14.7 Å². The minimum absolute atomic E-state index is 0.586. The number of rotatable bonds is 4. The van der Waals surface area contributed by atoms with Crippen LogP contribution in [0.4, 0.5) is 11.4 Å². The molecule has 0 aliphatic carbocycles. The van der Waals surface area contributed by atoms with Crippen LogP contribution in [0.5, 0.6) is 5.75 Å². The van der Waals surface area contributed by atoms with Crippen molar-refractivity contribution in [2.45, 2.75) is 13.0 Å². The van der Waals surface area contributed by atoms with Gasteiger partial charge in [0, 0.05) is 18.3 Å².